The van der Waals surface area contributed by atoms with Crippen LogP contribution in [0.2, 0.25) is 0 Å². The van der Waals surface area contributed by atoms with E-state index in [0.29, 0.717) is 6.67 Å². The fourth-order valence-electron chi connectivity index (χ4n) is 6.44. The monoisotopic (exact) mass is 628 g/mol. The first-order chi connectivity index (χ1) is 21.7. The van der Waals surface area contributed by atoms with Gasteiger partial charge in [-0.2, -0.15) is 0 Å². The number of rotatable bonds is 4. The molecule has 0 unspecified atom stereocenters. The summed E-state index contributed by atoms with van der Waals surface area (Å²) >= 11 is 0. The van der Waals surface area contributed by atoms with Gasteiger partial charge < -0.3 is 9.80 Å². The molecule has 0 amide bonds. The number of benzene rings is 4. The highest BCUT2D eigenvalue weighted by Crippen LogP contribution is 2.43. The molecule has 7 rings (SSSR count). The minimum Gasteiger partial charge on any atom is -0.355 e. The molecule has 1 aliphatic heterocycles. The van der Waals surface area contributed by atoms with Gasteiger partial charge in [0.25, 0.3) is 0 Å². The highest BCUT2D eigenvalue weighted by molar-refractivity contribution is 7.91. The lowest BCUT2D eigenvalue weighted by Crippen LogP contribution is -2.24. The number of hydrogen-bond donors (Lipinski definition) is 0. The average molecular weight is 629 g/mol. The van der Waals surface area contributed by atoms with Gasteiger partial charge in [-0.15, -0.1) is 0 Å². The van der Waals surface area contributed by atoms with Gasteiger partial charge in [-0.05, 0) is 82.6 Å². The summed E-state index contributed by atoms with van der Waals surface area (Å²) in [5.41, 5.74) is 7.25. The number of fused-ring (bicyclic) bond motifs is 4. The van der Waals surface area contributed by atoms with E-state index in [9.17, 15) is 8.42 Å². The molecule has 2 aromatic heterocycles. The third-order valence-electron chi connectivity index (χ3n) is 9.13. The summed E-state index contributed by atoms with van der Waals surface area (Å²) in [5, 5.41) is 2.04. The summed E-state index contributed by atoms with van der Waals surface area (Å²) in [6.45, 7) is 13.8. The van der Waals surface area contributed by atoms with Crippen molar-refractivity contribution in [1.82, 2.24) is 9.55 Å². The van der Waals surface area contributed by atoms with Crippen molar-refractivity contribution in [3.63, 3.8) is 0 Å². The van der Waals surface area contributed by atoms with E-state index in [1.807, 2.05) is 42.6 Å². The van der Waals surface area contributed by atoms with Crippen LogP contribution in [0, 0.1) is 0 Å². The maximum Gasteiger partial charge on any atom is 0.206 e. The van der Waals surface area contributed by atoms with Crippen molar-refractivity contribution in [2.24, 2.45) is 0 Å². The van der Waals surface area contributed by atoms with Crippen LogP contribution >= 0.6 is 0 Å². The molecule has 234 valence electrons. The lowest BCUT2D eigenvalue weighted by Gasteiger charge is -2.22. The van der Waals surface area contributed by atoms with Gasteiger partial charge in [0.05, 0.1) is 38.9 Å². The van der Waals surface area contributed by atoms with E-state index in [1.54, 1.807) is 24.3 Å². The molecule has 0 saturated carbocycles. The minimum atomic E-state index is -3.84. The number of hydrogen-bond acceptors (Lipinski definition) is 5. The van der Waals surface area contributed by atoms with Crippen molar-refractivity contribution in [3.05, 3.63) is 114 Å². The minimum absolute atomic E-state index is 0.0372. The Kier molecular flexibility index (Phi) is 6.83. The van der Waals surface area contributed by atoms with E-state index < -0.39 is 9.84 Å². The maximum absolute atomic E-state index is 14.3. The normalized spacial score (nSPS) is 14.0. The summed E-state index contributed by atoms with van der Waals surface area (Å²) in [6.07, 6.45) is 1.83. The Bertz CT molecular complexity index is 2250. The first kappa shape index (κ1) is 30.1. The molecule has 0 fully saturated rings. The Morgan fingerprint density at radius 2 is 1.35 bits per heavy atom. The third-order valence-corrected chi connectivity index (χ3v) is 10.9. The molecule has 46 heavy (non-hydrogen) atoms. The fraction of sp³-hybridized carbons (Fsp3) is 0.256. The molecule has 0 spiro atoms. The summed E-state index contributed by atoms with van der Waals surface area (Å²) in [7, 11) is -1.77. The van der Waals surface area contributed by atoms with E-state index in [2.05, 4.69) is 99.4 Å². The Hall–Kier alpha value is -4.62. The second-order valence-corrected chi connectivity index (χ2v) is 16.4. The number of sulfone groups is 1. The van der Waals surface area contributed by atoms with Crippen molar-refractivity contribution in [3.8, 4) is 5.82 Å². The van der Waals surface area contributed by atoms with Gasteiger partial charge in [0.2, 0.25) is 9.84 Å². The van der Waals surface area contributed by atoms with Crippen molar-refractivity contribution in [2.45, 2.75) is 62.2 Å². The van der Waals surface area contributed by atoms with Crippen LogP contribution < -0.4 is 9.80 Å². The maximum atomic E-state index is 14.3. The number of aromatic nitrogens is 2. The van der Waals surface area contributed by atoms with Crippen LogP contribution in [0.1, 0.15) is 52.7 Å². The van der Waals surface area contributed by atoms with E-state index in [0.717, 1.165) is 50.2 Å². The highest BCUT2D eigenvalue weighted by atomic mass is 32.2. The summed E-state index contributed by atoms with van der Waals surface area (Å²) < 4.78 is 30.7. The van der Waals surface area contributed by atoms with Gasteiger partial charge in [-0.25, -0.2) is 13.4 Å². The molecule has 3 heterocycles. The van der Waals surface area contributed by atoms with Crippen molar-refractivity contribution < 1.29 is 8.42 Å². The van der Waals surface area contributed by atoms with E-state index >= 15 is 0 Å². The van der Waals surface area contributed by atoms with E-state index in [4.69, 9.17) is 4.98 Å². The third kappa shape index (κ3) is 4.94. The molecular formula is C39H40N4O2S. The molecule has 0 bridgehead atoms. The molecule has 0 atom stereocenters. The van der Waals surface area contributed by atoms with E-state index in [1.165, 1.54) is 5.56 Å². The second kappa shape index (κ2) is 10.5. The molecule has 1 aliphatic rings. The molecule has 0 N–H and O–H groups in total. The standard InChI is InChI=1S/C39H40N4O2S/c1-38(2,3)26-15-18-34-36(21-26)41(7)25-42(34)28-11-10-12-29(23-28)46(44,45)30-16-17-32-31-13-8-9-14-33(31)43(35(32)24-30)37-22-27(19-20-40-37)39(4,5)6/h8-24H,25H2,1-7H3. The Balaban J connectivity index is 1.33. The topological polar surface area (TPSA) is 58.4 Å². The van der Waals surface area contributed by atoms with Gasteiger partial charge in [-0.3, -0.25) is 4.57 Å². The molecule has 4 aromatic carbocycles. The van der Waals surface area contributed by atoms with Crippen LogP contribution in [-0.4, -0.2) is 31.7 Å². The van der Waals surface area contributed by atoms with Crippen LogP contribution in [0.15, 0.2) is 113 Å². The molecule has 0 radical (unpaired) electrons. The zero-order valence-electron chi connectivity index (χ0n) is 27.5. The van der Waals surface area contributed by atoms with Gasteiger partial charge in [0.15, 0.2) is 0 Å². The van der Waals surface area contributed by atoms with Crippen LogP contribution in [0.3, 0.4) is 0 Å². The van der Waals surface area contributed by atoms with Crippen molar-refractivity contribution in [1.29, 1.82) is 0 Å². The Morgan fingerprint density at radius 3 is 2.11 bits per heavy atom. The van der Waals surface area contributed by atoms with Gasteiger partial charge in [0, 0.05) is 29.7 Å². The quantitative estimate of drug-likeness (QED) is 0.195. The smallest absolute Gasteiger partial charge is 0.206 e. The molecule has 0 aliphatic carbocycles. The van der Waals surface area contributed by atoms with Crippen LogP contribution in [0.4, 0.5) is 17.1 Å². The average Bonchev–Trinajstić information content (AvgIpc) is 3.54. The fourth-order valence-corrected chi connectivity index (χ4v) is 7.76. The predicted octanol–water partition coefficient (Wildman–Crippen LogP) is 9.15. The van der Waals surface area contributed by atoms with Crippen molar-refractivity contribution >= 4 is 48.7 Å². The van der Waals surface area contributed by atoms with Crippen LogP contribution in [0.5, 0.6) is 0 Å². The number of nitrogens with zero attached hydrogens (tertiary/aromatic N) is 4. The first-order valence-electron chi connectivity index (χ1n) is 15.7. The molecule has 0 saturated heterocycles. The second-order valence-electron chi connectivity index (χ2n) is 14.4. The number of anilines is 3. The number of para-hydroxylation sites is 1. The van der Waals surface area contributed by atoms with E-state index in [-0.39, 0.29) is 20.6 Å². The lowest BCUT2D eigenvalue weighted by molar-refractivity contribution is 0.588. The zero-order valence-corrected chi connectivity index (χ0v) is 28.4. The number of pyridine rings is 1. The molecule has 6 nitrogen and oxygen atoms in total. The largest absolute Gasteiger partial charge is 0.355 e. The summed E-state index contributed by atoms with van der Waals surface area (Å²) in [6, 6.07) is 31.6. The van der Waals surface area contributed by atoms with Crippen LogP contribution in [-0.2, 0) is 20.7 Å². The summed E-state index contributed by atoms with van der Waals surface area (Å²) in [4.78, 5) is 9.65. The SMILES string of the molecule is CN1CN(c2cccc(S(=O)(=O)c3ccc4c5ccccc5n(-c5cc(C(C)(C)C)ccn5)c4c3)c2)c2ccc(C(C)(C)C)cc21. The van der Waals surface area contributed by atoms with Gasteiger partial charge in [-0.1, -0.05) is 77.9 Å². The Morgan fingerprint density at radius 1 is 0.652 bits per heavy atom. The molecular weight excluding hydrogens is 589 g/mol. The molecule has 7 heteroatoms. The Labute approximate surface area is 271 Å². The predicted molar refractivity (Wildman–Crippen MR) is 190 cm³/mol. The van der Waals surface area contributed by atoms with Gasteiger partial charge in [0.1, 0.15) is 5.82 Å². The van der Waals surface area contributed by atoms with Crippen LogP contribution in [0.25, 0.3) is 27.6 Å². The summed E-state index contributed by atoms with van der Waals surface area (Å²) in [5.74, 6) is 0.765. The lowest BCUT2D eigenvalue weighted by atomic mass is 9.86. The zero-order chi connectivity index (χ0) is 32.6. The first-order valence-corrected chi connectivity index (χ1v) is 17.2. The van der Waals surface area contributed by atoms with Gasteiger partial charge >= 0.3 is 0 Å². The molecule has 6 aromatic rings. The van der Waals surface area contributed by atoms with Crippen molar-refractivity contribution in [2.75, 3.05) is 23.5 Å². The highest BCUT2D eigenvalue weighted by Gasteiger charge is 2.28.